The standard InChI is InChI=1S/C14H16ClNOS/c1-3-17-11-6-4-10(5-7-11)13(16-2)14-12(15)8-9-18-14/h4-9,13,16H,3H2,1-2H3. The lowest BCUT2D eigenvalue weighted by atomic mass is 10.1. The Bertz CT molecular complexity index is 495. The zero-order chi connectivity index (χ0) is 13.0. The van der Waals surface area contributed by atoms with Crippen LogP contribution in [0.5, 0.6) is 5.75 Å². The summed E-state index contributed by atoms with van der Waals surface area (Å²) in [4.78, 5) is 1.14. The molecule has 0 aliphatic rings. The van der Waals surface area contributed by atoms with E-state index in [0.717, 1.165) is 15.6 Å². The Morgan fingerprint density at radius 3 is 2.50 bits per heavy atom. The highest BCUT2D eigenvalue weighted by molar-refractivity contribution is 7.10. The number of benzene rings is 1. The molecule has 0 aliphatic carbocycles. The van der Waals surface area contributed by atoms with Crippen LogP contribution in [0, 0.1) is 0 Å². The van der Waals surface area contributed by atoms with Crippen LogP contribution in [0.25, 0.3) is 0 Å². The molecule has 0 amide bonds. The van der Waals surface area contributed by atoms with Crippen molar-refractivity contribution >= 4 is 22.9 Å². The summed E-state index contributed by atoms with van der Waals surface area (Å²) in [6.45, 7) is 2.67. The van der Waals surface area contributed by atoms with Gasteiger partial charge in [-0.2, -0.15) is 0 Å². The van der Waals surface area contributed by atoms with Gasteiger partial charge in [0.1, 0.15) is 5.75 Å². The van der Waals surface area contributed by atoms with Gasteiger partial charge in [-0.25, -0.2) is 0 Å². The monoisotopic (exact) mass is 281 g/mol. The van der Waals surface area contributed by atoms with Crippen molar-refractivity contribution in [2.75, 3.05) is 13.7 Å². The topological polar surface area (TPSA) is 21.3 Å². The molecule has 0 radical (unpaired) electrons. The third-order valence-corrected chi connectivity index (χ3v) is 4.14. The SMILES string of the molecule is CCOc1ccc(C(NC)c2sccc2Cl)cc1. The van der Waals surface area contributed by atoms with Gasteiger partial charge in [0.05, 0.1) is 17.7 Å². The van der Waals surface area contributed by atoms with Crippen LogP contribution in [-0.4, -0.2) is 13.7 Å². The van der Waals surface area contributed by atoms with Crippen LogP contribution in [0.3, 0.4) is 0 Å². The summed E-state index contributed by atoms with van der Waals surface area (Å²) in [5.41, 5.74) is 1.19. The van der Waals surface area contributed by atoms with Gasteiger partial charge in [0.15, 0.2) is 0 Å². The number of rotatable bonds is 5. The number of hydrogen-bond acceptors (Lipinski definition) is 3. The fraction of sp³-hybridized carbons (Fsp3) is 0.286. The minimum atomic E-state index is 0.133. The Labute approximate surface area is 117 Å². The van der Waals surface area contributed by atoms with E-state index in [-0.39, 0.29) is 6.04 Å². The van der Waals surface area contributed by atoms with Crippen molar-refractivity contribution in [3.8, 4) is 5.75 Å². The third kappa shape index (κ3) is 2.86. The summed E-state index contributed by atoms with van der Waals surface area (Å²) >= 11 is 7.86. The Hall–Kier alpha value is -1.03. The molecule has 0 spiro atoms. The molecule has 1 aromatic heterocycles. The lowest BCUT2D eigenvalue weighted by Gasteiger charge is -2.16. The quantitative estimate of drug-likeness (QED) is 0.890. The van der Waals surface area contributed by atoms with Gasteiger partial charge in [-0.3, -0.25) is 0 Å². The summed E-state index contributed by atoms with van der Waals surface area (Å²) in [5, 5.41) is 6.12. The van der Waals surface area contributed by atoms with E-state index in [2.05, 4.69) is 17.4 Å². The van der Waals surface area contributed by atoms with Crippen LogP contribution in [0.15, 0.2) is 35.7 Å². The molecular weight excluding hydrogens is 266 g/mol. The van der Waals surface area contributed by atoms with Crippen molar-refractivity contribution in [1.82, 2.24) is 5.32 Å². The first-order valence-electron chi connectivity index (χ1n) is 5.89. The molecule has 0 fully saturated rings. The first-order chi connectivity index (χ1) is 8.76. The molecule has 2 aromatic rings. The van der Waals surface area contributed by atoms with E-state index in [9.17, 15) is 0 Å². The Morgan fingerprint density at radius 1 is 1.28 bits per heavy atom. The zero-order valence-electron chi connectivity index (χ0n) is 10.4. The van der Waals surface area contributed by atoms with Crippen LogP contribution in [0.1, 0.15) is 23.4 Å². The fourth-order valence-corrected chi connectivity index (χ4v) is 3.19. The average Bonchev–Trinajstić information content (AvgIpc) is 2.79. The highest BCUT2D eigenvalue weighted by Gasteiger charge is 2.16. The predicted octanol–water partition coefficient (Wildman–Crippen LogP) is 4.11. The molecule has 0 saturated heterocycles. The van der Waals surface area contributed by atoms with Gasteiger partial charge < -0.3 is 10.1 Å². The molecule has 0 saturated carbocycles. The lowest BCUT2D eigenvalue weighted by Crippen LogP contribution is -2.16. The third-order valence-electron chi connectivity index (χ3n) is 2.72. The smallest absolute Gasteiger partial charge is 0.119 e. The predicted molar refractivity (Wildman–Crippen MR) is 77.8 cm³/mol. The van der Waals surface area contributed by atoms with E-state index >= 15 is 0 Å². The van der Waals surface area contributed by atoms with Crippen molar-refractivity contribution in [2.24, 2.45) is 0 Å². The average molecular weight is 282 g/mol. The summed E-state index contributed by atoms with van der Waals surface area (Å²) in [5.74, 6) is 0.897. The maximum atomic E-state index is 6.19. The highest BCUT2D eigenvalue weighted by atomic mass is 35.5. The van der Waals surface area contributed by atoms with Crippen LogP contribution in [-0.2, 0) is 0 Å². The molecule has 2 rings (SSSR count). The van der Waals surface area contributed by atoms with Gasteiger partial charge in [0.2, 0.25) is 0 Å². The largest absolute Gasteiger partial charge is 0.494 e. The second kappa shape index (κ2) is 6.23. The van der Waals surface area contributed by atoms with Crippen molar-refractivity contribution < 1.29 is 4.74 Å². The summed E-state index contributed by atoms with van der Waals surface area (Å²) in [6, 6.07) is 10.2. The molecule has 1 heterocycles. The minimum Gasteiger partial charge on any atom is -0.494 e. The van der Waals surface area contributed by atoms with E-state index in [1.54, 1.807) is 11.3 Å². The molecule has 4 heteroatoms. The molecule has 0 bridgehead atoms. The molecular formula is C14H16ClNOS. The molecule has 1 unspecified atom stereocenters. The van der Waals surface area contributed by atoms with Crippen molar-refractivity contribution in [2.45, 2.75) is 13.0 Å². The molecule has 0 aliphatic heterocycles. The molecule has 1 atom stereocenters. The first kappa shape index (κ1) is 13.4. The lowest BCUT2D eigenvalue weighted by molar-refractivity contribution is 0.340. The summed E-state index contributed by atoms with van der Waals surface area (Å²) < 4.78 is 5.44. The highest BCUT2D eigenvalue weighted by Crippen LogP contribution is 2.33. The minimum absolute atomic E-state index is 0.133. The number of thiophene rings is 1. The maximum absolute atomic E-state index is 6.19. The van der Waals surface area contributed by atoms with Crippen molar-refractivity contribution in [3.05, 3.63) is 51.2 Å². The normalized spacial score (nSPS) is 12.4. The van der Waals surface area contributed by atoms with Gasteiger partial charge in [0.25, 0.3) is 0 Å². The van der Waals surface area contributed by atoms with E-state index in [4.69, 9.17) is 16.3 Å². The van der Waals surface area contributed by atoms with E-state index < -0.39 is 0 Å². The van der Waals surface area contributed by atoms with Crippen molar-refractivity contribution in [3.63, 3.8) is 0 Å². The molecule has 2 nitrogen and oxygen atoms in total. The van der Waals surface area contributed by atoms with Crippen molar-refractivity contribution in [1.29, 1.82) is 0 Å². The molecule has 1 N–H and O–H groups in total. The Balaban J connectivity index is 2.25. The van der Waals surface area contributed by atoms with Gasteiger partial charge in [-0.15, -0.1) is 11.3 Å². The number of hydrogen-bond donors (Lipinski definition) is 1. The zero-order valence-corrected chi connectivity index (χ0v) is 12.0. The van der Waals surface area contributed by atoms with Crippen LogP contribution in [0.2, 0.25) is 5.02 Å². The number of nitrogens with one attached hydrogen (secondary N) is 1. The first-order valence-corrected chi connectivity index (χ1v) is 7.15. The molecule has 18 heavy (non-hydrogen) atoms. The Morgan fingerprint density at radius 2 is 2.00 bits per heavy atom. The van der Waals surface area contributed by atoms with Crippen LogP contribution in [0.4, 0.5) is 0 Å². The fourth-order valence-electron chi connectivity index (χ4n) is 1.88. The number of halogens is 1. The van der Waals surface area contributed by atoms with Gasteiger partial charge in [0, 0.05) is 4.88 Å². The van der Waals surface area contributed by atoms with Crippen LogP contribution >= 0.6 is 22.9 Å². The van der Waals surface area contributed by atoms with E-state index in [0.29, 0.717) is 6.61 Å². The summed E-state index contributed by atoms with van der Waals surface area (Å²) in [6.07, 6.45) is 0. The summed E-state index contributed by atoms with van der Waals surface area (Å²) in [7, 11) is 1.94. The number of ether oxygens (including phenoxy) is 1. The second-order valence-electron chi connectivity index (χ2n) is 3.86. The molecule has 96 valence electrons. The second-order valence-corrected chi connectivity index (χ2v) is 5.21. The van der Waals surface area contributed by atoms with Gasteiger partial charge in [-0.05, 0) is 43.1 Å². The molecule has 1 aromatic carbocycles. The van der Waals surface area contributed by atoms with Gasteiger partial charge in [-0.1, -0.05) is 23.7 Å². The van der Waals surface area contributed by atoms with E-state index in [1.165, 1.54) is 5.56 Å². The van der Waals surface area contributed by atoms with E-state index in [1.807, 2.05) is 37.6 Å². The van der Waals surface area contributed by atoms with Crippen LogP contribution < -0.4 is 10.1 Å². The maximum Gasteiger partial charge on any atom is 0.119 e. The Kier molecular flexibility index (Phi) is 4.64. The van der Waals surface area contributed by atoms with Gasteiger partial charge >= 0.3 is 0 Å².